The standard InChI is InChI=1S/C9H18N2O2S3/c1-2-16(12,13)9-7-15-6-5-11(9)4-3-8(10)14/h9H,2-7H2,1H3,(H2,10,14). The van der Waals surface area contributed by atoms with Gasteiger partial charge in [-0.05, 0) is 0 Å². The van der Waals surface area contributed by atoms with E-state index in [-0.39, 0.29) is 11.1 Å². The number of thiocarbonyl (C=S) groups is 1. The van der Waals surface area contributed by atoms with Gasteiger partial charge >= 0.3 is 0 Å². The molecule has 94 valence electrons. The summed E-state index contributed by atoms with van der Waals surface area (Å²) < 4.78 is 23.8. The lowest BCUT2D eigenvalue weighted by Crippen LogP contribution is -2.48. The van der Waals surface area contributed by atoms with E-state index < -0.39 is 9.84 Å². The number of hydrogen-bond acceptors (Lipinski definition) is 5. The minimum absolute atomic E-state index is 0.196. The highest BCUT2D eigenvalue weighted by Crippen LogP contribution is 2.21. The monoisotopic (exact) mass is 282 g/mol. The Morgan fingerprint density at radius 1 is 1.62 bits per heavy atom. The van der Waals surface area contributed by atoms with Crippen molar-refractivity contribution in [3.05, 3.63) is 0 Å². The maximum atomic E-state index is 11.9. The van der Waals surface area contributed by atoms with Gasteiger partial charge in [0, 0.05) is 36.8 Å². The highest BCUT2D eigenvalue weighted by atomic mass is 32.2. The first kappa shape index (κ1) is 14.2. The first-order valence-electron chi connectivity index (χ1n) is 5.29. The molecule has 1 aliphatic heterocycles. The van der Waals surface area contributed by atoms with Gasteiger partial charge in [0.2, 0.25) is 0 Å². The lowest BCUT2D eigenvalue weighted by Gasteiger charge is -2.34. The zero-order chi connectivity index (χ0) is 12.2. The molecule has 0 aliphatic carbocycles. The van der Waals surface area contributed by atoms with Gasteiger partial charge in [0.25, 0.3) is 0 Å². The van der Waals surface area contributed by atoms with Crippen LogP contribution in [0.15, 0.2) is 0 Å². The SMILES string of the molecule is CCS(=O)(=O)C1CSCCN1CCC(N)=S. The Labute approximate surface area is 107 Å². The Morgan fingerprint density at radius 3 is 2.88 bits per heavy atom. The number of hydrogen-bond donors (Lipinski definition) is 1. The van der Waals surface area contributed by atoms with Crippen molar-refractivity contribution in [3.8, 4) is 0 Å². The molecule has 16 heavy (non-hydrogen) atoms. The molecule has 0 aromatic heterocycles. The largest absolute Gasteiger partial charge is 0.393 e. The zero-order valence-electron chi connectivity index (χ0n) is 9.39. The molecule has 1 unspecified atom stereocenters. The number of nitrogens with two attached hydrogens (primary N) is 1. The molecule has 1 rings (SSSR count). The molecule has 2 N–H and O–H groups in total. The molecule has 1 saturated heterocycles. The number of rotatable bonds is 5. The minimum Gasteiger partial charge on any atom is -0.393 e. The average molecular weight is 282 g/mol. The van der Waals surface area contributed by atoms with Crippen LogP contribution in [0.5, 0.6) is 0 Å². The zero-order valence-corrected chi connectivity index (χ0v) is 11.8. The van der Waals surface area contributed by atoms with Gasteiger partial charge in [-0.15, -0.1) is 0 Å². The fraction of sp³-hybridized carbons (Fsp3) is 0.889. The molecule has 1 atom stereocenters. The third-order valence-corrected chi connectivity index (χ3v) is 6.19. The van der Waals surface area contributed by atoms with Crippen molar-refractivity contribution in [2.24, 2.45) is 5.73 Å². The van der Waals surface area contributed by atoms with E-state index in [0.29, 0.717) is 23.7 Å². The summed E-state index contributed by atoms with van der Waals surface area (Å²) in [6.07, 6.45) is 0.593. The van der Waals surface area contributed by atoms with Crippen LogP contribution >= 0.6 is 24.0 Å². The molecule has 1 aliphatic rings. The van der Waals surface area contributed by atoms with E-state index in [0.717, 1.165) is 12.3 Å². The van der Waals surface area contributed by atoms with Crippen LogP contribution in [0.2, 0.25) is 0 Å². The van der Waals surface area contributed by atoms with Crippen LogP contribution in [0, 0.1) is 0 Å². The van der Waals surface area contributed by atoms with Gasteiger partial charge in [-0.25, -0.2) is 8.42 Å². The van der Waals surface area contributed by atoms with Crippen molar-refractivity contribution in [1.29, 1.82) is 0 Å². The fourth-order valence-electron chi connectivity index (χ4n) is 1.65. The maximum absolute atomic E-state index is 11.9. The van der Waals surface area contributed by atoms with E-state index in [4.69, 9.17) is 18.0 Å². The first-order valence-corrected chi connectivity index (χ1v) is 8.57. The Balaban J connectivity index is 2.68. The molecule has 0 spiro atoms. The third kappa shape index (κ3) is 3.87. The van der Waals surface area contributed by atoms with Crippen molar-refractivity contribution in [1.82, 2.24) is 4.90 Å². The van der Waals surface area contributed by atoms with Crippen molar-refractivity contribution >= 4 is 38.8 Å². The van der Waals surface area contributed by atoms with Gasteiger partial charge in [-0.1, -0.05) is 19.1 Å². The summed E-state index contributed by atoms with van der Waals surface area (Å²) in [6, 6.07) is 0. The van der Waals surface area contributed by atoms with Crippen LogP contribution in [0.25, 0.3) is 0 Å². The van der Waals surface area contributed by atoms with Crippen molar-refractivity contribution in [3.63, 3.8) is 0 Å². The molecular weight excluding hydrogens is 264 g/mol. The van der Waals surface area contributed by atoms with Crippen LogP contribution in [0.3, 0.4) is 0 Å². The van der Waals surface area contributed by atoms with E-state index >= 15 is 0 Å². The van der Waals surface area contributed by atoms with E-state index in [1.54, 1.807) is 18.7 Å². The summed E-state index contributed by atoms with van der Waals surface area (Å²) in [5.74, 6) is 1.84. The maximum Gasteiger partial charge on any atom is 0.166 e. The summed E-state index contributed by atoms with van der Waals surface area (Å²) in [7, 11) is -3.00. The molecule has 1 heterocycles. The average Bonchev–Trinajstić information content (AvgIpc) is 2.26. The highest BCUT2D eigenvalue weighted by molar-refractivity contribution is 8.01. The molecule has 1 fully saturated rings. The van der Waals surface area contributed by atoms with E-state index in [2.05, 4.69) is 0 Å². The molecule has 0 aromatic carbocycles. The van der Waals surface area contributed by atoms with Gasteiger partial charge in [0.15, 0.2) is 9.84 Å². The Morgan fingerprint density at radius 2 is 2.31 bits per heavy atom. The van der Waals surface area contributed by atoms with E-state index in [1.165, 1.54) is 0 Å². The first-order chi connectivity index (χ1) is 7.47. The predicted octanol–water partition coefficient (Wildman–Crippen LogP) is 0.472. The molecule has 0 aromatic rings. The van der Waals surface area contributed by atoms with E-state index in [1.807, 2.05) is 4.90 Å². The summed E-state index contributed by atoms with van der Waals surface area (Å²) >= 11 is 6.52. The molecule has 0 bridgehead atoms. The number of nitrogens with zero attached hydrogens (tertiary/aromatic N) is 1. The third-order valence-electron chi connectivity index (χ3n) is 2.65. The van der Waals surface area contributed by atoms with Crippen LogP contribution < -0.4 is 5.73 Å². The van der Waals surface area contributed by atoms with Crippen molar-refractivity contribution in [2.75, 3.05) is 30.3 Å². The number of sulfone groups is 1. The smallest absolute Gasteiger partial charge is 0.166 e. The summed E-state index contributed by atoms with van der Waals surface area (Å²) in [5.41, 5.74) is 5.45. The normalized spacial score (nSPS) is 23.2. The van der Waals surface area contributed by atoms with Gasteiger partial charge in [0.05, 0.1) is 4.99 Å². The summed E-state index contributed by atoms with van der Waals surface area (Å²) in [5, 5.41) is -0.356. The second-order valence-corrected chi connectivity index (χ2v) is 7.85. The molecule has 0 saturated carbocycles. The molecule has 7 heteroatoms. The van der Waals surface area contributed by atoms with E-state index in [9.17, 15) is 8.42 Å². The Bertz CT molecular complexity index is 343. The van der Waals surface area contributed by atoms with Gasteiger partial charge < -0.3 is 5.73 Å². The second kappa shape index (κ2) is 6.18. The lowest BCUT2D eigenvalue weighted by molar-refractivity contribution is 0.278. The van der Waals surface area contributed by atoms with Crippen LogP contribution in [0.1, 0.15) is 13.3 Å². The highest BCUT2D eigenvalue weighted by Gasteiger charge is 2.32. The quantitative estimate of drug-likeness (QED) is 0.740. The fourth-order valence-corrected chi connectivity index (χ4v) is 4.85. The topological polar surface area (TPSA) is 63.4 Å². The lowest BCUT2D eigenvalue weighted by atomic mass is 10.3. The molecule has 0 radical (unpaired) electrons. The second-order valence-electron chi connectivity index (χ2n) is 3.73. The molecule has 4 nitrogen and oxygen atoms in total. The Kier molecular flexibility index (Phi) is 5.49. The number of thioether (sulfide) groups is 1. The van der Waals surface area contributed by atoms with Gasteiger partial charge in [0.1, 0.15) is 5.37 Å². The van der Waals surface area contributed by atoms with Gasteiger partial charge in [-0.2, -0.15) is 11.8 Å². The van der Waals surface area contributed by atoms with Crippen LogP contribution in [-0.2, 0) is 9.84 Å². The molecular formula is C9H18N2O2S3. The Hall–Kier alpha value is 0.150. The van der Waals surface area contributed by atoms with Crippen molar-refractivity contribution in [2.45, 2.75) is 18.7 Å². The van der Waals surface area contributed by atoms with Crippen LogP contribution in [-0.4, -0.2) is 54.0 Å². The summed E-state index contributed by atoms with van der Waals surface area (Å²) in [4.78, 5) is 2.44. The summed E-state index contributed by atoms with van der Waals surface area (Å²) in [6.45, 7) is 3.15. The van der Waals surface area contributed by atoms with Crippen molar-refractivity contribution < 1.29 is 8.42 Å². The minimum atomic E-state index is -3.00. The van der Waals surface area contributed by atoms with Gasteiger partial charge in [-0.3, -0.25) is 4.90 Å². The van der Waals surface area contributed by atoms with Crippen LogP contribution in [0.4, 0.5) is 0 Å². The molecule has 0 amide bonds. The predicted molar refractivity (Wildman–Crippen MR) is 73.5 cm³/mol.